The summed E-state index contributed by atoms with van der Waals surface area (Å²) in [6.45, 7) is 5.17. The van der Waals surface area contributed by atoms with E-state index in [1.807, 2.05) is 6.92 Å². The number of nitrogens with one attached hydrogen (secondary N) is 2. The van der Waals surface area contributed by atoms with Crippen molar-refractivity contribution in [3.8, 4) is 0 Å². The molecule has 1 aromatic rings. The van der Waals surface area contributed by atoms with Crippen molar-refractivity contribution in [1.29, 1.82) is 0 Å². The number of methoxy groups -OCH3 is 1. The Balaban J connectivity index is 2.70. The largest absolute Gasteiger partial charge is 0.380 e. The molecule has 0 aliphatic heterocycles. The van der Waals surface area contributed by atoms with Gasteiger partial charge in [-0.25, -0.2) is 4.98 Å². The van der Waals surface area contributed by atoms with Gasteiger partial charge in [0.1, 0.15) is 11.0 Å². The van der Waals surface area contributed by atoms with Gasteiger partial charge in [0.2, 0.25) is 0 Å². The molecule has 0 spiro atoms. The van der Waals surface area contributed by atoms with Gasteiger partial charge in [0.15, 0.2) is 0 Å². The average Bonchev–Trinajstić information content (AvgIpc) is 2.41. The Morgan fingerprint density at radius 1 is 1.53 bits per heavy atom. The molecule has 0 saturated carbocycles. The topological polar surface area (TPSA) is 63.2 Å². The highest BCUT2D eigenvalue weighted by Crippen LogP contribution is 2.14. The van der Waals surface area contributed by atoms with Crippen LogP contribution in [-0.2, 0) is 4.74 Å². The SMILES string of the molecule is CCCNc1cc(C(=O)NCC(C)OC)cc(Cl)n1. The fourth-order valence-corrected chi connectivity index (χ4v) is 1.60. The van der Waals surface area contributed by atoms with E-state index in [2.05, 4.69) is 22.5 Å². The molecule has 0 fully saturated rings. The monoisotopic (exact) mass is 285 g/mol. The molecule has 1 aromatic heterocycles. The highest BCUT2D eigenvalue weighted by atomic mass is 35.5. The third kappa shape index (κ3) is 5.44. The highest BCUT2D eigenvalue weighted by Gasteiger charge is 2.10. The van der Waals surface area contributed by atoms with E-state index in [1.165, 1.54) is 0 Å². The number of halogens is 1. The van der Waals surface area contributed by atoms with Gasteiger partial charge in [-0.2, -0.15) is 0 Å². The van der Waals surface area contributed by atoms with E-state index in [-0.39, 0.29) is 12.0 Å². The van der Waals surface area contributed by atoms with Crippen LogP contribution in [0.1, 0.15) is 30.6 Å². The lowest BCUT2D eigenvalue weighted by Gasteiger charge is -2.11. The van der Waals surface area contributed by atoms with Gasteiger partial charge in [-0.1, -0.05) is 18.5 Å². The van der Waals surface area contributed by atoms with Crippen molar-refractivity contribution in [3.05, 3.63) is 22.8 Å². The molecule has 2 N–H and O–H groups in total. The molecular weight excluding hydrogens is 266 g/mol. The molecule has 0 aliphatic carbocycles. The number of nitrogens with zero attached hydrogens (tertiary/aromatic N) is 1. The first-order valence-electron chi connectivity index (χ1n) is 6.29. The number of hydrogen-bond donors (Lipinski definition) is 2. The zero-order valence-electron chi connectivity index (χ0n) is 11.5. The van der Waals surface area contributed by atoms with Crippen LogP contribution in [0.25, 0.3) is 0 Å². The van der Waals surface area contributed by atoms with Crippen molar-refractivity contribution in [2.45, 2.75) is 26.4 Å². The van der Waals surface area contributed by atoms with Crippen LogP contribution in [0.15, 0.2) is 12.1 Å². The standard InChI is InChI=1S/C13H20ClN3O2/c1-4-5-15-12-7-10(6-11(14)17-12)13(18)16-8-9(2)19-3/h6-7,9H,4-5,8H2,1-3H3,(H,15,17)(H,16,18). The fourth-order valence-electron chi connectivity index (χ4n) is 1.39. The van der Waals surface area contributed by atoms with E-state index in [0.29, 0.717) is 23.1 Å². The van der Waals surface area contributed by atoms with Crippen molar-refractivity contribution in [2.75, 3.05) is 25.5 Å². The second-order valence-corrected chi connectivity index (χ2v) is 4.63. The van der Waals surface area contributed by atoms with Crippen LogP contribution < -0.4 is 10.6 Å². The third-order valence-electron chi connectivity index (χ3n) is 2.56. The summed E-state index contributed by atoms with van der Waals surface area (Å²) >= 11 is 5.91. The maximum Gasteiger partial charge on any atom is 0.251 e. The molecule has 0 bridgehead atoms. The van der Waals surface area contributed by atoms with Gasteiger partial charge < -0.3 is 15.4 Å². The summed E-state index contributed by atoms with van der Waals surface area (Å²) in [6, 6.07) is 3.24. The summed E-state index contributed by atoms with van der Waals surface area (Å²) in [5.41, 5.74) is 0.488. The van der Waals surface area contributed by atoms with Gasteiger partial charge >= 0.3 is 0 Å². The summed E-state index contributed by atoms with van der Waals surface area (Å²) in [5, 5.41) is 6.19. The number of pyridine rings is 1. The minimum absolute atomic E-state index is 0.0288. The maximum atomic E-state index is 12.0. The Morgan fingerprint density at radius 3 is 2.89 bits per heavy atom. The molecule has 1 heterocycles. The summed E-state index contributed by atoms with van der Waals surface area (Å²) < 4.78 is 5.07. The number of carbonyl (C=O) groups is 1. The lowest BCUT2D eigenvalue weighted by atomic mass is 10.2. The zero-order chi connectivity index (χ0) is 14.3. The summed E-state index contributed by atoms with van der Waals surface area (Å²) in [6.07, 6.45) is 0.945. The zero-order valence-corrected chi connectivity index (χ0v) is 12.3. The van der Waals surface area contributed by atoms with Crippen molar-refractivity contribution in [1.82, 2.24) is 10.3 Å². The molecule has 6 heteroatoms. The molecule has 0 aromatic carbocycles. The van der Waals surface area contributed by atoms with E-state index in [9.17, 15) is 4.79 Å². The fraction of sp³-hybridized carbons (Fsp3) is 0.538. The Kier molecular flexibility index (Phi) is 6.59. The quantitative estimate of drug-likeness (QED) is 0.755. The van der Waals surface area contributed by atoms with E-state index in [0.717, 1.165) is 13.0 Å². The van der Waals surface area contributed by atoms with Gasteiger partial charge in [-0.3, -0.25) is 4.79 Å². The van der Waals surface area contributed by atoms with Gasteiger partial charge in [0.05, 0.1) is 6.10 Å². The number of anilines is 1. The first-order valence-corrected chi connectivity index (χ1v) is 6.67. The van der Waals surface area contributed by atoms with E-state index in [4.69, 9.17) is 16.3 Å². The Bertz CT molecular complexity index is 426. The smallest absolute Gasteiger partial charge is 0.251 e. The van der Waals surface area contributed by atoms with Crippen molar-refractivity contribution in [2.24, 2.45) is 0 Å². The third-order valence-corrected chi connectivity index (χ3v) is 2.76. The number of aromatic nitrogens is 1. The number of rotatable bonds is 7. The van der Waals surface area contributed by atoms with Gasteiger partial charge in [-0.05, 0) is 25.5 Å². The normalized spacial score (nSPS) is 12.0. The number of carbonyl (C=O) groups excluding carboxylic acids is 1. The second-order valence-electron chi connectivity index (χ2n) is 4.25. The molecule has 1 unspecified atom stereocenters. The molecule has 0 radical (unpaired) electrons. The molecule has 1 atom stereocenters. The lowest BCUT2D eigenvalue weighted by Crippen LogP contribution is -2.31. The molecule has 1 rings (SSSR count). The first-order chi connectivity index (χ1) is 9.06. The summed E-state index contributed by atoms with van der Waals surface area (Å²) in [5.74, 6) is 0.423. The van der Waals surface area contributed by atoms with Crippen molar-refractivity contribution in [3.63, 3.8) is 0 Å². The number of hydrogen-bond acceptors (Lipinski definition) is 4. The maximum absolute atomic E-state index is 12.0. The van der Waals surface area contributed by atoms with Crippen molar-refractivity contribution >= 4 is 23.3 Å². The second kappa shape index (κ2) is 7.96. The molecule has 1 amide bonds. The summed E-state index contributed by atoms with van der Waals surface area (Å²) in [4.78, 5) is 16.1. The molecular formula is C13H20ClN3O2. The van der Waals surface area contributed by atoms with Crippen LogP contribution in [0.3, 0.4) is 0 Å². The van der Waals surface area contributed by atoms with Crippen molar-refractivity contribution < 1.29 is 9.53 Å². The van der Waals surface area contributed by atoms with E-state index >= 15 is 0 Å². The Labute approximate surface area is 118 Å². The van der Waals surface area contributed by atoms with Gasteiger partial charge in [0, 0.05) is 25.8 Å². The molecule has 106 valence electrons. The predicted molar refractivity (Wildman–Crippen MR) is 76.8 cm³/mol. The molecule has 5 nitrogen and oxygen atoms in total. The van der Waals surface area contributed by atoms with Crippen LogP contribution in [0.4, 0.5) is 5.82 Å². The van der Waals surface area contributed by atoms with Crippen LogP contribution in [0.5, 0.6) is 0 Å². The van der Waals surface area contributed by atoms with Crippen LogP contribution in [0, 0.1) is 0 Å². The van der Waals surface area contributed by atoms with Crippen LogP contribution in [-0.4, -0.2) is 37.2 Å². The first kappa shape index (κ1) is 15.7. The highest BCUT2D eigenvalue weighted by molar-refractivity contribution is 6.29. The Hall–Kier alpha value is -1.33. The lowest BCUT2D eigenvalue weighted by molar-refractivity contribution is 0.0870. The van der Waals surface area contributed by atoms with Crippen LogP contribution >= 0.6 is 11.6 Å². The van der Waals surface area contributed by atoms with E-state index < -0.39 is 0 Å². The minimum atomic E-state index is -0.187. The number of amides is 1. The molecule has 0 saturated heterocycles. The minimum Gasteiger partial charge on any atom is -0.380 e. The molecule has 0 aliphatic rings. The molecule has 19 heavy (non-hydrogen) atoms. The summed E-state index contributed by atoms with van der Waals surface area (Å²) in [7, 11) is 1.60. The Morgan fingerprint density at radius 2 is 2.26 bits per heavy atom. The van der Waals surface area contributed by atoms with Crippen LogP contribution in [0.2, 0.25) is 5.15 Å². The van der Waals surface area contributed by atoms with Gasteiger partial charge in [0.25, 0.3) is 5.91 Å². The van der Waals surface area contributed by atoms with E-state index in [1.54, 1.807) is 19.2 Å². The predicted octanol–water partition coefficient (Wildman–Crippen LogP) is 2.32. The average molecular weight is 286 g/mol. The van der Waals surface area contributed by atoms with Gasteiger partial charge in [-0.15, -0.1) is 0 Å². The number of ether oxygens (including phenoxy) is 1.